The molecule has 0 aliphatic heterocycles. The molecule has 0 spiro atoms. The third-order valence-electron chi connectivity index (χ3n) is 1.58. The van der Waals surface area contributed by atoms with Crippen molar-refractivity contribution >= 4 is 21.7 Å². The molecule has 0 unspecified atom stereocenters. The zero-order valence-electron chi connectivity index (χ0n) is 10.2. The van der Waals surface area contributed by atoms with E-state index < -0.39 is 21.7 Å². The molecule has 6 nitrogen and oxygen atoms in total. The van der Waals surface area contributed by atoms with Gasteiger partial charge in [0.2, 0.25) is 0 Å². The van der Waals surface area contributed by atoms with Gasteiger partial charge in [-0.05, 0) is 6.92 Å². The molecule has 98 valence electrons. The van der Waals surface area contributed by atoms with Gasteiger partial charge >= 0.3 is 11.9 Å². The quantitative estimate of drug-likeness (QED) is 0.238. The molecule has 0 amide bonds. The lowest BCUT2D eigenvalue weighted by molar-refractivity contribution is -0.142. The van der Waals surface area contributed by atoms with Crippen LogP contribution in [0.25, 0.3) is 0 Å². The highest BCUT2D eigenvalue weighted by Crippen LogP contribution is 1.91. The average Bonchev–Trinajstić information content (AvgIpc) is 2.29. The Morgan fingerprint density at radius 3 is 2.59 bits per heavy atom. The molecule has 0 aromatic carbocycles. The van der Waals surface area contributed by atoms with E-state index in [0.29, 0.717) is 18.8 Å². The van der Waals surface area contributed by atoms with E-state index in [1.165, 1.54) is 0 Å². The topological polar surface area (TPSA) is 71.1 Å². The Kier molecular flexibility index (Phi) is 9.31. The summed E-state index contributed by atoms with van der Waals surface area (Å²) in [6.07, 6.45) is 0.148. The molecule has 0 aliphatic rings. The van der Waals surface area contributed by atoms with Gasteiger partial charge in [-0.1, -0.05) is 6.58 Å². The summed E-state index contributed by atoms with van der Waals surface area (Å²) in [5.74, 6) is -0.913. The van der Waals surface area contributed by atoms with E-state index in [4.69, 9.17) is 18.6 Å². The number of hydrogen-bond acceptors (Lipinski definition) is 6. The lowest BCUT2D eigenvalue weighted by Gasteiger charge is -2.06. The van der Waals surface area contributed by atoms with E-state index in [9.17, 15) is 9.59 Å². The lowest BCUT2D eigenvalue weighted by atomic mass is 10.4. The van der Waals surface area contributed by atoms with Gasteiger partial charge in [-0.2, -0.15) is 0 Å². The van der Waals surface area contributed by atoms with Crippen LogP contribution >= 0.6 is 0 Å². The maximum atomic E-state index is 11.1. The normalized spacial score (nSPS) is 10.5. The summed E-state index contributed by atoms with van der Waals surface area (Å²) in [5.41, 5.74) is 0.327. The summed E-state index contributed by atoms with van der Waals surface area (Å²) < 4.78 is 19.4. The molecule has 7 heteroatoms. The second-order valence-corrected chi connectivity index (χ2v) is 4.29. The van der Waals surface area contributed by atoms with Gasteiger partial charge in [0.15, 0.2) is 0 Å². The first-order valence-corrected chi connectivity index (χ1v) is 6.70. The molecule has 0 radical (unpaired) electrons. The van der Waals surface area contributed by atoms with Crippen molar-refractivity contribution < 1.29 is 28.2 Å². The summed E-state index contributed by atoms with van der Waals surface area (Å²) >= 11 is 0. The molecular formula is C10H18O6Si. The number of carbonyl (C=O) groups is 2. The largest absolute Gasteiger partial charge is 0.520 e. The number of carbonyl (C=O) groups excluding carboxylic acids is 2. The monoisotopic (exact) mass is 262 g/mol. The second kappa shape index (κ2) is 10.0. The first kappa shape index (κ1) is 15.8. The van der Waals surface area contributed by atoms with E-state index in [0.717, 1.165) is 0 Å². The Morgan fingerprint density at radius 2 is 2.00 bits per heavy atom. The van der Waals surface area contributed by atoms with Gasteiger partial charge in [0.1, 0.15) is 12.8 Å². The van der Waals surface area contributed by atoms with E-state index in [1.807, 2.05) is 0 Å². The van der Waals surface area contributed by atoms with Gasteiger partial charge in [0.25, 0.3) is 9.76 Å². The highest BCUT2D eigenvalue weighted by atomic mass is 28.2. The standard InChI is InChI=1S/C10H18O6Si/c1-8(2)10(12)15-7-17-16-9(11)6-14-5-4-13-3/h1,4-7,17H2,2-3H3. The molecule has 0 aromatic rings. The van der Waals surface area contributed by atoms with Crippen LogP contribution in [0.15, 0.2) is 12.2 Å². The Morgan fingerprint density at radius 1 is 1.29 bits per heavy atom. The molecule has 0 aromatic heterocycles. The van der Waals surface area contributed by atoms with Crippen molar-refractivity contribution in [2.75, 3.05) is 33.2 Å². The number of ether oxygens (including phenoxy) is 3. The van der Waals surface area contributed by atoms with Crippen LogP contribution in [0.5, 0.6) is 0 Å². The van der Waals surface area contributed by atoms with Crippen LogP contribution in [0.1, 0.15) is 6.92 Å². The number of esters is 1. The molecule has 0 aliphatic carbocycles. The molecular weight excluding hydrogens is 244 g/mol. The minimum atomic E-state index is -1.20. The maximum absolute atomic E-state index is 11.1. The molecule has 0 bridgehead atoms. The number of rotatable bonds is 9. The predicted molar refractivity (Wildman–Crippen MR) is 63.1 cm³/mol. The van der Waals surface area contributed by atoms with Crippen LogP contribution in [0, 0.1) is 0 Å². The Balaban J connectivity index is 3.39. The Labute approximate surface area is 103 Å². The minimum Gasteiger partial charge on any atom is -0.520 e. The van der Waals surface area contributed by atoms with Crippen molar-refractivity contribution in [3.63, 3.8) is 0 Å². The minimum absolute atomic E-state index is 0.106. The molecule has 0 rings (SSSR count). The fraction of sp³-hybridized carbons (Fsp3) is 0.600. The van der Waals surface area contributed by atoms with Gasteiger partial charge in [0.05, 0.1) is 13.2 Å². The van der Waals surface area contributed by atoms with Gasteiger partial charge in [-0.25, -0.2) is 4.79 Å². The summed E-state index contributed by atoms with van der Waals surface area (Å²) in [6.45, 7) is 5.65. The van der Waals surface area contributed by atoms with Crippen LogP contribution in [-0.2, 0) is 28.2 Å². The van der Waals surface area contributed by atoms with E-state index in [1.54, 1.807) is 14.0 Å². The summed E-state index contributed by atoms with van der Waals surface area (Å²) in [5, 5.41) is 0. The van der Waals surface area contributed by atoms with Crippen molar-refractivity contribution in [1.82, 2.24) is 0 Å². The first-order chi connectivity index (χ1) is 8.07. The van der Waals surface area contributed by atoms with Crippen molar-refractivity contribution in [3.8, 4) is 0 Å². The molecule has 0 saturated carbocycles. The summed E-state index contributed by atoms with van der Waals surface area (Å²) in [7, 11) is 0.351. The predicted octanol–water partition coefficient (Wildman–Crippen LogP) is -0.647. The molecule has 0 fully saturated rings. The number of hydrogen-bond donors (Lipinski definition) is 0. The highest BCUT2D eigenvalue weighted by molar-refractivity contribution is 6.30. The molecule has 0 atom stereocenters. The smallest absolute Gasteiger partial charge is 0.332 e. The zero-order valence-corrected chi connectivity index (χ0v) is 11.6. The summed E-state index contributed by atoms with van der Waals surface area (Å²) in [6, 6.07) is 0. The fourth-order valence-corrected chi connectivity index (χ4v) is 1.42. The Hall–Kier alpha value is -1.18. The van der Waals surface area contributed by atoms with Crippen molar-refractivity contribution in [2.45, 2.75) is 6.92 Å². The van der Waals surface area contributed by atoms with Crippen LogP contribution in [0.4, 0.5) is 0 Å². The highest BCUT2D eigenvalue weighted by Gasteiger charge is 2.06. The van der Waals surface area contributed by atoms with Crippen LogP contribution in [0.2, 0.25) is 0 Å². The van der Waals surface area contributed by atoms with Crippen LogP contribution in [0.3, 0.4) is 0 Å². The zero-order chi connectivity index (χ0) is 13.1. The SMILES string of the molecule is C=C(C)C(=O)OC[SiH2]OC(=O)COCCOC. The summed E-state index contributed by atoms with van der Waals surface area (Å²) in [4.78, 5) is 22.0. The van der Waals surface area contributed by atoms with Crippen molar-refractivity contribution in [1.29, 1.82) is 0 Å². The molecule has 0 heterocycles. The molecule has 0 N–H and O–H groups in total. The molecule has 17 heavy (non-hydrogen) atoms. The fourth-order valence-electron chi connectivity index (χ4n) is 0.752. The number of methoxy groups -OCH3 is 1. The Bertz CT molecular complexity index is 266. The van der Waals surface area contributed by atoms with E-state index in [2.05, 4.69) is 6.58 Å². The first-order valence-electron chi connectivity index (χ1n) is 5.13. The van der Waals surface area contributed by atoms with E-state index >= 15 is 0 Å². The molecule has 0 saturated heterocycles. The lowest BCUT2D eigenvalue weighted by Crippen LogP contribution is -2.20. The average molecular weight is 262 g/mol. The van der Waals surface area contributed by atoms with Crippen molar-refractivity contribution in [3.05, 3.63) is 12.2 Å². The van der Waals surface area contributed by atoms with Gasteiger partial charge in [-0.3, -0.25) is 4.79 Å². The van der Waals surface area contributed by atoms with Gasteiger partial charge in [0, 0.05) is 12.7 Å². The van der Waals surface area contributed by atoms with Gasteiger partial charge in [-0.15, -0.1) is 0 Å². The third kappa shape index (κ3) is 9.73. The van der Waals surface area contributed by atoms with Gasteiger partial charge < -0.3 is 18.6 Å². The van der Waals surface area contributed by atoms with E-state index in [-0.39, 0.29) is 12.8 Å². The second-order valence-electron chi connectivity index (χ2n) is 3.18. The van der Waals surface area contributed by atoms with Crippen LogP contribution in [-0.4, -0.2) is 54.9 Å². The van der Waals surface area contributed by atoms with Crippen molar-refractivity contribution in [2.24, 2.45) is 0 Å². The van der Waals surface area contributed by atoms with Crippen LogP contribution < -0.4 is 0 Å². The third-order valence-corrected chi connectivity index (χ3v) is 2.48. The maximum Gasteiger partial charge on any atom is 0.332 e.